The van der Waals surface area contributed by atoms with E-state index < -0.39 is 0 Å². The highest BCUT2D eigenvalue weighted by molar-refractivity contribution is 6.06. The molecule has 2 aliphatic heterocycles. The van der Waals surface area contributed by atoms with Crippen molar-refractivity contribution in [2.75, 3.05) is 26.3 Å². The molecule has 0 aliphatic carbocycles. The van der Waals surface area contributed by atoms with Gasteiger partial charge in [0.15, 0.2) is 0 Å². The van der Waals surface area contributed by atoms with Crippen LogP contribution < -0.4 is 10.1 Å². The number of rotatable bonds is 5. The van der Waals surface area contributed by atoms with Crippen molar-refractivity contribution >= 4 is 16.6 Å². The monoisotopic (exact) mass is 416 g/mol. The number of ether oxygens (including phenoxy) is 2. The lowest BCUT2D eigenvalue weighted by Crippen LogP contribution is -2.27. The number of fused-ring (bicyclic) bond motifs is 1. The second-order valence-corrected chi connectivity index (χ2v) is 8.23. The summed E-state index contributed by atoms with van der Waals surface area (Å²) in [5.41, 5.74) is 4.77. The molecule has 4 nitrogen and oxygen atoms in total. The van der Waals surface area contributed by atoms with Crippen LogP contribution >= 0.6 is 0 Å². The van der Waals surface area contributed by atoms with Crippen LogP contribution in [0.15, 0.2) is 59.6 Å². The third-order valence-corrected chi connectivity index (χ3v) is 5.95. The van der Waals surface area contributed by atoms with E-state index in [1.54, 1.807) is 0 Å². The summed E-state index contributed by atoms with van der Waals surface area (Å²) in [5, 5.41) is 5.78. The largest absolute Gasteiger partial charge is 0.490 e. The van der Waals surface area contributed by atoms with Gasteiger partial charge in [-0.3, -0.25) is 4.99 Å². The fourth-order valence-electron chi connectivity index (χ4n) is 4.21. The van der Waals surface area contributed by atoms with Crippen LogP contribution in [0.5, 0.6) is 5.75 Å². The van der Waals surface area contributed by atoms with E-state index in [4.69, 9.17) is 9.47 Å². The maximum absolute atomic E-state index is 6.28. The molecule has 3 aromatic carbocycles. The number of nitrogens with zero attached hydrogens (tertiary/aromatic N) is 1. The zero-order chi connectivity index (χ0) is 20.3. The minimum Gasteiger partial charge on any atom is -0.490 e. The van der Waals surface area contributed by atoms with Gasteiger partial charge in [0.2, 0.25) is 0 Å². The Kier molecular flexibility index (Phi) is 6.57. The van der Waals surface area contributed by atoms with Gasteiger partial charge in [0.1, 0.15) is 18.2 Å². The van der Waals surface area contributed by atoms with E-state index in [1.165, 1.54) is 33.9 Å². The highest BCUT2D eigenvalue weighted by Crippen LogP contribution is 2.31. The molecule has 31 heavy (non-hydrogen) atoms. The molecule has 5 rings (SSSR count). The molecule has 0 spiro atoms. The van der Waals surface area contributed by atoms with Gasteiger partial charge in [-0.05, 0) is 66.3 Å². The SMILES string of the molecule is C.Cc1ccc(-c2ccc3cc(OCC4CCCCO4)c(C4=NCCN4)cc3c2)cc1. The molecule has 1 N–H and O–H groups in total. The third kappa shape index (κ3) is 4.75. The molecule has 2 heterocycles. The number of benzene rings is 3. The molecule has 0 amide bonds. The average Bonchev–Trinajstić information content (AvgIpc) is 3.33. The molecule has 2 aliphatic rings. The average molecular weight is 417 g/mol. The summed E-state index contributed by atoms with van der Waals surface area (Å²) in [5.74, 6) is 1.81. The first-order chi connectivity index (χ1) is 14.8. The Bertz CT molecular complexity index is 1070. The molecule has 1 fully saturated rings. The van der Waals surface area contributed by atoms with Gasteiger partial charge in [0.25, 0.3) is 0 Å². The van der Waals surface area contributed by atoms with Gasteiger partial charge in [-0.1, -0.05) is 49.4 Å². The molecule has 1 saturated heterocycles. The predicted molar refractivity (Wildman–Crippen MR) is 129 cm³/mol. The molecule has 0 bridgehead atoms. The Balaban J connectivity index is 0.00000231. The lowest BCUT2D eigenvalue weighted by molar-refractivity contribution is -0.0110. The quantitative estimate of drug-likeness (QED) is 0.576. The second kappa shape index (κ2) is 9.52. The second-order valence-electron chi connectivity index (χ2n) is 8.23. The van der Waals surface area contributed by atoms with Gasteiger partial charge in [-0.25, -0.2) is 0 Å². The Morgan fingerprint density at radius 1 is 1.00 bits per heavy atom. The first-order valence-electron chi connectivity index (χ1n) is 10.9. The summed E-state index contributed by atoms with van der Waals surface area (Å²) in [7, 11) is 0. The van der Waals surface area contributed by atoms with Gasteiger partial charge in [-0.2, -0.15) is 0 Å². The van der Waals surface area contributed by atoms with Crippen LogP contribution in [0.3, 0.4) is 0 Å². The van der Waals surface area contributed by atoms with E-state index >= 15 is 0 Å². The van der Waals surface area contributed by atoms with Crippen molar-refractivity contribution in [3.63, 3.8) is 0 Å². The van der Waals surface area contributed by atoms with Crippen molar-refractivity contribution in [3.8, 4) is 16.9 Å². The molecule has 1 unspecified atom stereocenters. The van der Waals surface area contributed by atoms with Crippen LogP contribution in [0.4, 0.5) is 0 Å². The van der Waals surface area contributed by atoms with Crippen LogP contribution in [0, 0.1) is 6.92 Å². The summed E-state index contributed by atoms with van der Waals surface area (Å²) in [6.07, 6.45) is 3.63. The molecule has 0 saturated carbocycles. The first kappa shape index (κ1) is 21.4. The van der Waals surface area contributed by atoms with Crippen molar-refractivity contribution < 1.29 is 9.47 Å². The van der Waals surface area contributed by atoms with Gasteiger partial charge in [0, 0.05) is 13.2 Å². The van der Waals surface area contributed by atoms with Crippen molar-refractivity contribution in [2.24, 2.45) is 4.99 Å². The van der Waals surface area contributed by atoms with E-state index in [0.29, 0.717) is 6.61 Å². The Labute approximate surface area is 185 Å². The molecular weight excluding hydrogens is 384 g/mol. The highest BCUT2D eigenvalue weighted by Gasteiger charge is 2.19. The molecule has 162 valence electrons. The fraction of sp³-hybridized carbons (Fsp3) is 0.370. The van der Waals surface area contributed by atoms with E-state index in [-0.39, 0.29) is 13.5 Å². The van der Waals surface area contributed by atoms with E-state index in [9.17, 15) is 0 Å². The number of nitrogens with one attached hydrogen (secondary N) is 1. The van der Waals surface area contributed by atoms with Crippen LogP contribution in [0.25, 0.3) is 21.9 Å². The molecular formula is C27H32N2O2. The summed E-state index contributed by atoms with van der Waals surface area (Å²) in [6, 6.07) is 19.7. The highest BCUT2D eigenvalue weighted by atomic mass is 16.5. The molecule has 0 aromatic heterocycles. The van der Waals surface area contributed by atoms with Gasteiger partial charge < -0.3 is 14.8 Å². The smallest absolute Gasteiger partial charge is 0.132 e. The van der Waals surface area contributed by atoms with Gasteiger partial charge in [-0.15, -0.1) is 0 Å². The molecule has 1 atom stereocenters. The number of aryl methyl sites for hydroxylation is 1. The molecule has 4 heteroatoms. The van der Waals surface area contributed by atoms with Gasteiger partial charge in [0.05, 0.1) is 18.2 Å². The van der Waals surface area contributed by atoms with Crippen molar-refractivity contribution in [1.29, 1.82) is 0 Å². The minimum absolute atomic E-state index is 0. The predicted octanol–water partition coefficient (Wildman–Crippen LogP) is 5.75. The van der Waals surface area contributed by atoms with E-state index in [0.717, 1.165) is 49.7 Å². The Morgan fingerprint density at radius 2 is 1.84 bits per heavy atom. The normalized spacial score (nSPS) is 18.2. The lowest BCUT2D eigenvalue weighted by atomic mass is 9.98. The van der Waals surface area contributed by atoms with Crippen molar-refractivity contribution in [1.82, 2.24) is 5.32 Å². The number of aliphatic imine (C=N–C) groups is 1. The lowest BCUT2D eigenvalue weighted by Gasteiger charge is -2.23. The van der Waals surface area contributed by atoms with Crippen LogP contribution in [-0.4, -0.2) is 38.2 Å². The van der Waals surface area contributed by atoms with Crippen molar-refractivity contribution in [3.05, 3.63) is 65.7 Å². The zero-order valence-electron chi connectivity index (χ0n) is 17.5. The number of hydrogen-bond donors (Lipinski definition) is 1. The van der Waals surface area contributed by atoms with Crippen LogP contribution in [-0.2, 0) is 4.74 Å². The topological polar surface area (TPSA) is 42.9 Å². The van der Waals surface area contributed by atoms with E-state index in [2.05, 4.69) is 71.8 Å². The fourth-order valence-corrected chi connectivity index (χ4v) is 4.21. The maximum atomic E-state index is 6.28. The van der Waals surface area contributed by atoms with Crippen LogP contribution in [0.2, 0.25) is 0 Å². The van der Waals surface area contributed by atoms with E-state index in [1.807, 2.05) is 0 Å². The Hall–Kier alpha value is -2.85. The summed E-state index contributed by atoms with van der Waals surface area (Å²) in [4.78, 5) is 4.65. The van der Waals surface area contributed by atoms with Gasteiger partial charge >= 0.3 is 0 Å². The summed E-state index contributed by atoms with van der Waals surface area (Å²) >= 11 is 0. The van der Waals surface area contributed by atoms with Crippen LogP contribution in [0.1, 0.15) is 37.8 Å². The summed E-state index contributed by atoms with van der Waals surface area (Å²) in [6.45, 7) is 5.23. The third-order valence-electron chi connectivity index (χ3n) is 5.95. The molecule has 3 aromatic rings. The van der Waals surface area contributed by atoms with Crippen molar-refractivity contribution in [2.45, 2.75) is 39.7 Å². The number of hydrogen-bond acceptors (Lipinski definition) is 4. The summed E-state index contributed by atoms with van der Waals surface area (Å²) < 4.78 is 12.1. The standard InChI is InChI=1S/C26H28N2O2.CH4/c1-18-5-7-19(8-6-18)20-9-10-21-16-25(30-17-23-4-2-3-13-29-23)24(15-22(21)14-20)26-27-11-12-28-26;/h5-10,14-16,23H,2-4,11-13,17H2,1H3,(H,27,28);1H4. The zero-order valence-corrected chi connectivity index (χ0v) is 17.5. The molecule has 0 radical (unpaired) electrons. The first-order valence-corrected chi connectivity index (χ1v) is 10.9. The Morgan fingerprint density at radius 3 is 2.58 bits per heavy atom. The number of amidine groups is 1. The maximum Gasteiger partial charge on any atom is 0.132 e. The minimum atomic E-state index is 0.